The molecule has 21 heavy (non-hydrogen) atoms. The Kier molecular flexibility index (Phi) is 4.51. The Morgan fingerprint density at radius 3 is 2.57 bits per heavy atom. The first-order chi connectivity index (χ1) is 9.80. The Bertz CT molecular complexity index is 776. The molecule has 7 heteroatoms. The van der Waals surface area contributed by atoms with Crippen LogP contribution < -0.4 is 9.88 Å². The van der Waals surface area contributed by atoms with Crippen molar-refractivity contribution in [2.45, 2.75) is 25.3 Å². The Morgan fingerprint density at radius 1 is 1.24 bits per heavy atom. The van der Waals surface area contributed by atoms with Gasteiger partial charge in [-0.1, -0.05) is 11.6 Å². The highest BCUT2D eigenvalue weighted by Crippen LogP contribution is 2.27. The molecule has 2 rings (SSSR count). The van der Waals surface area contributed by atoms with Crippen molar-refractivity contribution in [1.82, 2.24) is 4.98 Å². The number of rotatable bonds is 4. The second-order valence-electron chi connectivity index (χ2n) is 4.61. The van der Waals surface area contributed by atoms with Gasteiger partial charge >= 0.3 is 0 Å². The van der Waals surface area contributed by atoms with Gasteiger partial charge in [-0.15, -0.1) is 0 Å². The van der Waals surface area contributed by atoms with Crippen molar-refractivity contribution in [3.8, 4) is 5.75 Å². The number of sulfonamides is 1. The Hall–Kier alpha value is -1.63. The van der Waals surface area contributed by atoms with Crippen molar-refractivity contribution in [1.29, 1.82) is 0 Å². The average molecular weight is 327 g/mol. The highest BCUT2D eigenvalue weighted by Gasteiger charge is 2.15. The van der Waals surface area contributed by atoms with Crippen LogP contribution in [0.2, 0.25) is 5.02 Å². The molecule has 0 aliphatic carbocycles. The lowest BCUT2D eigenvalue weighted by Gasteiger charge is -2.14. The molecule has 0 amide bonds. The minimum atomic E-state index is -3.73. The number of nitrogens with zero attached hydrogens (tertiary/aromatic N) is 1. The van der Waals surface area contributed by atoms with E-state index in [4.69, 9.17) is 21.5 Å². The third-order valence-electron chi connectivity index (χ3n) is 3.23. The lowest BCUT2D eigenvalue weighted by atomic mass is 10.1. The van der Waals surface area contributed by atoms with Crippen LogP contribution in [0.3, 0.4) is 0 Å². The number of hydrogen-bond acceptors (Lipinski definition) is 4. The number of pyridine rings is 1. The van der Waals surface area contributed by atoms with Crippen LogP contribution in [0.4, 0.5) is 0 Å². The standard InChI is InChI=1S/C14H15ClN2O3S/c1-9-10(2)14(21(16,18)19)4-3-13(9)20-8-11-5-6-17-7-12(11)15/h3-7H,8H2,1-2H3,(H2,16,18,19). The number of aromatic nitrogens is 1. The van der Waals surface area contributed by atoms with Gasteiger partial charge in [0.15, 0.2) is 0 Å². The summed E-state index contributed by atoms with van der Waals surface area (Å²) in [5.41, 5.74) is 2.11. The fraction of sp³-hybridized carbons (Fsp3) is 0.214. The predicted molar refractivity (Wildman–Crippen MR) is 80.9 cm³/mol. The van der Waals surface area contributed by atoms with Gasteiger partial charge in [0.1, 0.15) is 12.4 Å². The minimum absolute atomic E-state index is 0.106. The predicted octanol–water partition coefficient (Wildman–Crippen LogP) is 2.58. The highest BCUT2D eigenvalue weighted by atomic mass is 35.5. The lowest BCUT2D eigenvalue weighted by Crippen LogP contribution is -2.14. The van der Waals surface area contributed by atoms with Crippen molar-refractivity contribution < 1.29 is 13.2 Å². The van der Waals surface area contributed by atoms with Gasteiger partial charge in [-0.05, 0) is 43.2 Å². The van der Waals surface area contributed by atoms with Crippen LogP contribution in [0.15, 0.2) is 35.5 Å². The molecule has 1 aromatic heterocycles. The molecule has 0 spiro atoms. The van der Waals surface area contributed by atoms with E-state index >= 15 is 0 Å². The molecule has 2 N–H and O–H groups in total. The summed E-state index contributed by atoms with van der Waals surface area (Å²) in [5.74, 6) is 0.591. The number of hydrogen-bond donors (Lipinski definition) is 1. The second kappa shape index (κ2) is 6.01. The monoisotopic (exact) mass is 326 g/mol. The molecule has 0 aliphatic rings. The van der Waals surface area contributed by atoms with E-state index < -0.39 is 10.0 Å². The summed E-state index contributed by atoms with van der Waals surface area (Å²) in [6, 6.07) is 4.81. The van der Waals surface area contributed by atoms with Crippen LogP contribution in [0.5, 0.6) is 5.75 Å². The molecule has 0 radical (unpaired) electrons. The maximum Gasteiger partial charge on any atom is 0.238 e. The number of nitrogens with two attached hydrogens (primary N) is 1. The molecule has 1 heterocycles. The molecule has 0 aliphatic heterocycles. The Labute approximate surface area is 128 Å². The molecule has 0 fully saturated rings. The third kappa shape index (κ3) is 3.53. The SMILES string of the molecule is Cc1c(OCc2ccncc2Cl)ccc(S(N)(=O)=O)c1C. The van der Waals surface area contributed by atoms with Gasteiger partial charge in [0.2, 0.25) is 10.0 Å². The van der Waals surface area contributed by atoms with E-state index in [1.807, 2.05) is 0 Å². The van der Waals surface area contributed by atoms with Crippen LogP contribution in [-0.2, 0) is 16.6 Å². The summed E-state index contributed by atoms with van der Waals surface area (Å²) in [5, 5.41) is 5.69. The van der Waals surface area contributed by atoms with E-state index in [2.05, 4.69) is 4.98 Å². The summed E-state index contributed by atoms with van der Waals surface area (Å²) < 4.78 is 28.6. The topological polar surface area (TPSA) is 82.3 Å². The number of benzene rings is 1. The molecule has 2 aromatic rings. The summed E-state index contributed by atoms with van der Waals surface area (Å²) in [7, 11) is -3.73. The van der Waals surface area contributed by atoms with Crippen LogP contribution in [0.1, 0.15) is 16.7 Å². The van der Waals surface area contributed by atoms with Gasteiger partial charge in [0, 0.05) is 18.0 Å². The zero-order valence-corrected chi connectivity index (χ0v) is 13.2. The van der Waals surface area contributed by atoms with Gasteiger partial charge in [-0.25, -0.2) is 13.6 Å². The molecule has 0 atom stereocenters. The lowest BCUT2D eigenvalue weighted by molar-refractivity contribution is 0.303. The molecule has 5 nitrogen and oxygen atoms in total. The molecule has 0 unspecified atom stereocenters. The van der Waals surface area contributed by atoms with E-state index in [1.54, 1.807) is 38.4 Å². The van der Waals surface area contributed by atoms with Crippen molar-refractivity contribution >= 4 is 21.6 Å². The fourth-order valence-corrected chi connectivity index (χ4v) is 2.92. The van der Waals surface area contributed by atoms with Crippen LogP contribution >= 0.6 is 11.6 Å². The summed E-state index contributed by atoms with van der Waals surface area (Å²) in [4.78, 5) is 4.01. The summed E-state index contributed by atoms with van der Waals surface area (Å²) >= 11 is 6.01. The fourth-order valence-electron chi connectivity index (χ4n) is 1.91. The maximum absolute atomic E-state index is 11.5. The van der Waals surface area contributed by atoms with E-state index in [9.17, 15) is 8.42 Å². The second-order valence-corrected chi connectivity index (χ2v) is 6.55. The van der Waals surface area contributed by atoms with Gasteiger partial charge in [-0.2, -0.15) is 0 Å². The largest absolute Gasteiger partial charge is 0.489 e. The van der Waals surface area contributed by atoms with Crippen molar-refractivity contribution in [2.75, 3.05) is 0 Å². The first-order valence-electron chi connectivity index (χ1n) is 6.15. The van der Waals surface area contributed by atoms with Crippen molar-refractivity contribution in [3.63, 3.8) is 0 Å². The van der Waals surface area contributed by atoms with Crippen molar-refractivity contribution in [2.24, 2.45) is 5.14 Å². The number of ether oxygens (including phenoxy) is 1. The maximum atomic E-state index is 11.5. The van der Waals surface area contributed by atoms with Gasteiger partial charge < -0.3 is 4.74 Å². The van der Waals surface area contributed by atoms with E-state index in [-0.39, 0.29) is 11.5 Å². The zero-order valence-electron chi connectivity index (χ0n) is 11.6. The smallest absolute Gasteiger partial charge is 0.238 e. The quantitative estimate of drug-likeness (QED) is 0.936. The first kappa shape index (κ1) is 15.8. The molecule has 1 aromatic carbocycles. The average Bonchev–Trinajstić information content (AvgIpc) is 2.40. The first-order valence-corrected chi connectivity index (χ1v) is 8.07. The van der Waals surface area contributed by atoms with Crippen LogP contribution in [-0.4, -0.2) is 13.4 Å². The molecule has 112 valence electrons. The van der Waals surface area contributed by atoms with E-state index in [0.717, 1.165) is 11.1 Å². The Morgan fingerprint density at radius 2 is 1.95 bits per heavy atom. The summed E-state index contributed by atoms with van der Waals surface area (Å²) in [6.07, 6.45) is 3.18. The Balaban J connectivity index is 2.27. The molecular weight excluding hydrogens is 312 g/mol. The van der Waals surface area contributed by atoms with Crippen LogP contribution in [0, 0.1) is 13.8 Å². The van der Waals surface area contributed by atoms with Crippen LogP contribution in [0.25, 0.3) is 0 Å². The number of primary sulfonamides is 1. The van der Waals surface area contributed by atoms with Crippen molar-refractivity contribution in [3.05, 3.63) is 52.3 Å². The molecule has 0 bridgehead atoms. The molecular formula is C14H15ClN2O3S. The highest BCUT2D eigenvalue weighted by molar-refractivity contribution is 7.89. The number of halogens is 1. The summed E-state index contributed by atoms with van der Waals surface area (Å²) in [6.45, 7) is 3.76. The van der Waals surface area contributed by atoms with Gasteiger partial charge in [0.25, 0.3) is 0 Å². The third-order valence-corrected chi connectivity index (χ3v) is 4.63. The normalized spacial score (nSPS) is 11.4. The van der Waals surface area contributed by atoms with E-state index in [1.165, 1.54) is 6.07 Å². The van der Waals surface area contributed by atoms with Gasteiger partial charge in [-0.3, -0.25) is 4.98 Å². The molecule has 0 saturated heterocycles. The van der Waals surface area contributed by atoms with Gasteiger partial charge in [0.05, 0.1) is 9.92 Å². The minimum Gasteiger partial charge on any atom is -0.489 e. The van der Waals surface area contributed by atoms with E-state index in [0.29, 0.717) is 16.3 Å². The molecule has 0 saturated carbocycles. The zero-order chi connectivity index (χ0) is 15.6.